The molecule has 38 heavy (non-hydrogen) atoms. The number of carboxylic acid groups (broad SMARTS) is 1. The quantitative estimate of drug-likeness (QED) is 0.352. The number of carboxylic acids is 1. The lowest BCUT2D eigenvalue weighted by Crippen LogP contribution is -2.30. The van der Waals surface area contributed by atoms with E-state index in [1.807, 2.05) is 6.92 Å². The Morgan fingerprint density at radius 1 is 1.18 bits per heavy atom. The number of carbonyl (C=O) groups excluding carboxylic acids is 2. The molecule has 0 bridgehead atoms. The van der Waals surface area contributed by atoms with Crippen LogP contribution in [0.5, 0.6) is 0 Å². The second-order valence-corrected chi connectivity index (χ2v) is 8.21. The highest BCUT2D eigenvalue weighted by Gasteiger charge is 2.38. The van der Waals surface area contributed by atoms with Crippen molar-refractivity contribution in [3.05, 3.63) is 47.5 Å². The molecule has 4 heterocycles. The Hall–Kier alpha value is -4.27. The number of ether oxygens (including phenoxy) is 1. The molecule has 204 valence electrons. The van der Waals surface area contributed by atoms with Crippen LogP contribution in [0.4, 0.5) is 18.9 Å². The molecular weight excluding hydrogens is 511 g/mol. The van der Waals surface area contributed by atoms with E-state index in [-0.39, 0.29) is 18.5 Å². The fourth-order valence-corrected chi connectivity index (χ4v) is 3.63. The normalized spacial score (nSPS) is 13.9. The molecule has 4 rings (SSSR count). The number of nitrogens with zero attached hydrogens (tertiary/aromatic N) is 4. The van der Waals surface area contributed by atoms with Crippen LogP contribution in [0.3, 0.4) is 0 Å². The number of primary amides is 1. The van der Waals surface area contributed by atoms with Crippen LogP contribution in [0.1, 0.15) is 46.0 Å². The largest absolute Gasteiger partial charge is 0.490 e. The molecule has 5 N–H and O–H groups in total. The van der Waals surface area contributed by atoms with Crippen LogP contribution in [0, 0.1) is 0 Å². The Kier molecular flexibility index (Phi) is 9.17. The average Bonchev–Trinajstić information content (AvgIpc) is 3.32. The molecule has 2 amide bonds. The van der Waals surface area contributed by atoms with Gasteiger partial charge in [-0.2, -0.15) is 18.3 Å². The van der Waals surface area contributed by atoms with Crippen molar-refractivity contribution in [3.63, 3.8) is 0 Å². The summed E-state index contributed by atoms with van der Waals surface area (Å²) in [5.74, 6) is -3.60. The number of aromatic nitrogens is 4. The van der Waals surface area contributed by atoms with Gasteiger partial charge in [0.15, 0.2) is 5.65 Å². The van der Waals surface area contributed by atoms with Crippen molar-refractivity contribution in [2.45, 2.75) is 45.1 Å². The first-order valence-electron chi connectivity index (χ1n) is 11.5. The van der Waals surface area contributed by atoms with Gasteiger partial charge in [0.25, 0.3) is 5.91 Å². The summed E-state index contributed by atoms with van der Waals surface area (Å²) in [5.41, 5.74) is 8.17. The van der Waals surface area contributed by atoms with Gasteiger partial charge >= 0.3 is 12.1 Å². The molecule has 1 aliphatic heterocycles. The number of carbonyl (C=O) groups is 3. The van der Waals surface area contributed by atoms with E-state index in [4.69, 9.17) is 20.4 Å². The van der Waals surface area contributed by atoms with Crippen LogP contribution in [-0.4, -0.2) is 68.1 Å². The van der Waals surface area contributed by atoms with Gasteiger partial charge in [-0.15, -0.1) is 0 Å². The third-order valence-electron chi connectivity index (χ3n) is 5.56. The Bertz CT molecular complexity index is 1310. The molecule has 0 spiro atoms. The summed E-state index contributed by atoms with van der Waals surface area (Å²) < 4.78 is 39.0. The van der Waals surface area contributed by atoms with Gasteiger partial charge in [0.2, 0.25) is 5.91 Å². The molecule has 0 radical (unpaired) electrons. The molecule has 12 nitrogen and oxygen atoms in total. The van der Waals surface area contributed by atoms with Crippen molar-refractivity contribution < 1.29 is 37.4 Å². The predicted molar refractivity (Wildman–Crippen MR) is 128 cm³/mol. The second kappa shape index (κ2) is 12.3. The first kappa shape index (κ1) is 28.3. The molecule has 1 saturated heterocycles. The molecule has 0 atom stereocenters. The lowest BCUT2D eigenvalue weighted by molar-refractivity contribution is -0.192. The summed E-state index contributed by atoms with van der Waals surface area (Å²) >= 11 is 0. The maximum atomic E-state index is 13.1. The standard InChI is InChI=1S/C21H25N7O3.C2HF3O2/c1-2-28-20-16(12-26-28)18(27-15-3-5-31-6-4-15)17(11-24-20)21(30)25-9-13-7-14(19(22)29)10-23-8-13;3-2(4,5)1(6)7/h7-8,10-12,15H,2-6,9H2,1H3,(H2,22,29)(H,24,27)(H,25,30);(H,6,7). The van der Waals surface area contributed by atoms with E-state index in [1.165, 1.54) is 6.20 Å². The minimum absolute atomic E-state index is 0.201. The number of hydrogen-bond donors (Lipinski definition) is 4. The monoisotopic (exact) mass is 537 g/mol. The Morgan fingerprint density at radius 3 is 2.47 bits per heavy atom. The highest BCUT2D eigenvalue weighted by atomic mass is 19.4. The van der Waals surface area contributed by atoms with E-state index in [2.05, 4.69) is 25.7 Å². The van der Waals surface area contributed by atoms with Crippen LogP contribution in [0.2, 0.25) is 0 Å². The first-order valence-corrected chi connectivity index (χ1v) is 11.5. The highest BCUT2D eigenvalue weighted by Crippen LogP contribution is 2.28. The lowest BCUT2D eigenvalue weighted by atomic mass is 10.1. The van der Waals surface area contributed by atoms with E-state index in [9.17, 15) is 22.8 Å². The van der Waals surface area contributed by atoms with Crippen molar-refractivity contribution in [2.24, 2.45) is 5.73 Å². The molecule has 15 heteroatoms. The Morgan fingerprint density at radius 2 is 1.87 bits per heavy atom. The first-order chi connectivity index (χ1) is 18.0. The molecule has 1 fully saturated rings. The van der Waals surface area contributed by atoms with Crippen LogP contribution in [-0.2, 0) is 22.6 Å². The van der Waals surface area contributed by atoms with Crippen LogP contribution < -0.4 is 16.4 Å². The number of pyridine rings is 2. The van der Waals surface area contributed by atoms with E-state index >= 15 is 0 Å². The number of nitrogens with one attached hydrogen (secondary N) is 2. The van der Waals surface area contributed by atoms with Gasteiger partial charge in [-0.3, -0.25) is 14.6 Å². The van der Waals surface area contributed by atoms with Crippen molar-refractivity contribution in [3.8, 4) is 0 Å². The van der Waals surface area contributed by atoms with E-state index in [1.54, 1.807) is 29.3 Å². The number of aliphatic carboxylic acids is 1. The summed E-state index contributed by atoms with van der Waals surface area (Å²) in [6.45, 7) is 4.25. The third-order valence-corrected chi connectivity index (χ3v) is 5.56. The minimum atomic E-state index is -5.08. The maximum absolute atomic E-state index is 13.1. The number of fused-ring (bicyclic) bond motifs is 1. The zero-order chi connectivity index (χ0) is 27.9. The van der Waals surface area contributed by atoms with E-state index in [0.29, 0.717) is 36.4 Å². The van der Waals surface area contributed by atoms with Gasteiger partial charge < -0.3 is 26.2 Å². The minimum Gasteiger partial charge on any atom is -0.475 e. The van der Waals surface area contributed by atoms with Crippen LogP contribution in [0.15, 0.2) is 30.9 Å². The van der Waals surface area contributed by atoms with Gasteiger partial charge in [-0.25, -0.2) is 14.5 Å². The fraction of sp³-hybridized carbons (Fsp3) is 0.391. The van der Waals surface area contributed by atoms with Crippen molar-refractivity contribution in [2.75, 3.05) is 18.5 Å². The summed E-state index contributed by atoms with van der Waals surface area (Å²) in [7, 11) is 0. The number of alkyl halides is 3. The Balaban J connectivity index is 0.000000505. The number of rotatable bonds is 7. The number of halogens is 3. The Labute approximate surface area is 214 Å². The molecule has 0 aliphatic carbocycles. The zero-order valence-corrected chi connectivity index (χ0v) is 20.3. The number of nitrogens with two attached hydrogens (primary N) is 1. The summed E-state index contributed by atoms with van der Waals surface area (Å²) in [6.07, 6.45) is 2.93. The summed E-state index contributed by atoms with van der Waals surface area (Å²) in [6, 6.07) is 1.82. The van der Waals surface area contributed by atoms with Crippen LogP contribution in [0.25, 0.3) is 11.0 Å². The molecule has 3 aromatic heterocycles. The number of amides is 2. The molecule has 1 aliphatic rings. The predicted octanol–water partition coefficient (Wildman–Crippen LogP) is 2.10. The number of anilines is 1. The third kappa shape index (κ3) is 7.15. The fourth-order valence-electron chi connectivity index (χ4n) is 3.63. The van der Waals surface area contributed by atoms with Gasteiger partial charge in [-0.05, 0) is 31.4 Å². The molecule has 0 saturated carbocycles. The number of hydrogen-bond acceptors (Lipinski definition) is 8. The van der Waals surface area contributed by atoms with Gasteiger partial charge in [0.05, 0.1) is 28.4 Å². The van der Waals surface area contributed by atoms with Gasteiger partial charge in [0.1, 0.15) is 0 Å². The topological polar surface area (TPSA) is 174 Å². The van der Waals surface area contributed by atoms with Crippen molar-refractivity contribution in [1.29, 1.82) is 0 Å². The molecule has 0 unspecified atom stereocenters. The zero-order valence-electron chi connectivity index (χ0n) is 20.3. The van der Waals surface area contributed by atoms with Gasteiger partial charge in [-0.1, -0.05) is 0 Å². The maximum Gasteiger partial charge on any atom is 0.490 e. The molecular formula is C23H26F3N7O5. The second-order valence-electron chi connectivity index (χ2n) is 8.21. The number of aryl methyl sites for hydroxylation is 1. The summed E-state index contributed by atoms with van der Waals surface area (Å²) in [4.78, 5) is 41.8. The SMILES string of the molecule is CCn1ncc2c(NC3CCOCC3)c(C(=O)NCc3cncc(C(N)=O)c3)cnc21.O=C(O)C(F)(F)F. The van der Waals surface area contributed by atoms with E-state index in [0.717, 1.165) is 29.6 Å². The summed E-state index contributed by atoms with van der Waals surface area (Å²) in [5, 5.41) is 18.7. The highest BCUT2D eigenvalue weighted by molar-refractivity contribution is 6.06. The van der Waals surface area contributed by atoms with Crippen molar-refractivity contribution in [1.82, 2.24) is 25.1 Å². The lowest BCUT2D eigenvalue weighted by Gasteiger charge is -2.25. The van der Waals surface area contributed by atoms with Gasteiger partial charge in [0, 0.05) is 50.9 Å². The van der Waals surface area contributed by atoms with Crippen molar-refractivity contribution >= 4 is 34.5 Å². The molecule has 3 aromatic rings. The molecule has 0 aromatic carbocycles. The average molecular weight is 537 g/mol. The smallest absolute Gasteiger partial charge is 0.475 e. The van der Waals surface area contributed by atoms with E-state index < -0.39 is 18.1 Å². The van der Waals surface area contributed by atoms with Crippen LogP contribution >= 0.6 is 0 Å².